The van der Waals surface area contributed by atoms with Crippen molar-refractivity contribution < 1.29 is 14.3 Å². The van der Waals surface area contributed by atoms with Gasteiger partial charge in [-0.3, -0.25) is 9.59 Å². The summed E-state index contributed by atoms with van der Waals surface area (Å²) in [6.07, 6.45) is 1.59. The predicted octanol–water partition coefficient (Wildman–Crippen LogP) is 5.75. The average Bonchev–Trinajstić information content (AvgIpc) is 2.76. The topological polar surface area (TPSA) is 58.6 Å². The van der Waals surface area contributed by atoms with Gasteiger partial charge in [0, 0.05) is 24.5 Å². The number of benzene rings is 2. The van der Waals surface area contributed by atoms with Gasteiger partial charge in [0.1, 0.15) is 11.8 Å². The van der Waals surface area contributed by atoms with Gasteiger partial charge in [0.05, 0.1) is 16.7 Å². The number of rotatable bonds is 11. The fourth-order valence-electron chi connectivity index (χ4n) is 2.90. The lowest BCUT2D eigenvalue weighted by molar-refractivity contribution is -0.140. The van der Waals surface area contributed by atoms with Crippen molar-refractivity contribution in [2.45, 2.75) is 45.7 Å². The second-order valence-corrected chi connectivity index (χ2v) is 8.39. The maximum atomic E-state index is 13.0. The van der Waals surface area contributed by atoms with Crippen molar-refractivity contribution >= 4 is 46.6 Å². The number of ether oxygens (including phenoxy) is 1. The van der Waals surface area contributed by atoms with E-state index in [1.165, 1.54) is 0 Å². The third-order valence-electron chi connectivity index (χ3n) is 4.67. The molecule has 5 nitrogen and oxygen atoms in total. The molecule has 0 aliphatic rings. The van der Waals surface area contributed by atoms with E-state index in [-0.39, 0.29) is 24.8 Å². The van der Waals surface area contributed by atoms with Crippen molar-refractivity contribution in [3.63, 3.8) is 0 Å². The van der Waals surface area contributed by atoms with Gasteiger partial charge >= 0.3 is 0 Å². The molecule has 0 saturated heterocycles. The number of hydrogen-bond donors (Lipinski definition) is 1. The summed E-state index contributed by atoms with van der Waals surface area (Å²) < 4.78 is 5.66. The van der Waals surface area contributed by atoms with Gasteiger partial charge in [-0.15, -0.1) is 0 Å². The van der Waals surface area contributed by atoms with E-state index in [9.17, 15) is 9.59 Å². The number of carbonyl (C=O) groups excluding carboxylic acids is 2. The Morgan fingerprint density at radius 2 is 1.77 bits per heavy atom. The van der Waals surface area contributed by atoms with E-state index in [1.807, 2.05) is 6.92 Å². The predicted molar refractivity (Wildman–Crippen MR) is 126 cm³/mol. The van der Waals surface area contributed by atoms with Crippen molar-refractivity contribution in [2.24, 2.45) is 0 Å². The number of hydrogen-bond acceptors (Lipinski definition) is 3. The molecular formula is C23H27Cl3N2O3. The van der Waals surface area contributed by atoms with Gasteiger partial charge in [0.2, 0.25) is 11.8 Å². The quantitative estimate of drug-likeness (QED) is 0.412. The first-order chi connectivity index (χ1) is 14.8. The van der Waals surface area contributed by atoms with Crippen molar-refractivity contribution in [2.75, 3.05) is 13.2 Å². The zero-order chi connectivity index (χ0) is 22.8. The maximum Gasteiger partial charge on any atom is 0.242 e. The standard InChI is InChI=1S/C23H27Cl3N2O3/c1-3-12-27-23(30)16(2)28(15-17-6-11-20(25)21(26)14-17)22(29)5-4-13-31-19-9-7-18(24)8-10-19/h6-11,14,16H,3-5,12-13,15H2,1-2H3,(H,27,30)/t16-/m1/s1. The minimum absolute atomic E-state index is 0.134. The Balaban J connectivity index is 2.01. The van der Waals surface area contributed by atoms with Crippen LogP contribution in [-0.4, -0.2) is 35.9 Å². The fraction of sp³-hybridized carbons (Fsp3) is 0.391. The monoisotopic (exact) mass is 484 g/mol. The van der Waals surface area contributed by atoms with Gasteiger partial charge in [-0.25, -0.2) is 0 Å². The van der Waals surface area contributed by atoms with Crippen molar-refractivity contribution in [1.29, 1.82) is 0 Å². The third-order valence-corrected chi connectivity index (χ3v) is 5.66. The zero-order valence-corrected chi connectivity index (χ0v) is 19.9. The summed E-state index contributed by atoms with van der Waals surface area (Å²) in [4.78, 5) is 27.1. The smallest absolute Gasteiger partial charge is 0.242 e. The van der Waals surface area contributed by atoms with Crippen molar-refractivity contribution in [3.05, 3.63) is 63.1 Å². The van der Waals surface area contributed by atoms with E-state index >= 15 is 0 Å². The summed E-state index contributed by atoms with van der Waals surface area (Å²) in [6, 6.07) is 11.6. The number of nitrogens with zero attached hydrogens (tertiary/aromatic N) is 1. The van der Waals surface area contributed by atoms with Crippen LogP contribution in [0.2, 0.25) is 15.1 Å². The molecule has 8 heteroatoms. The largest absolute Gasteiger partial charge is 0.494 e. The van der Waals surface area contributed by atoms with E-state index in [0.29, 0.717) is 40.4 Å². The Hall–Kier alpha value is -1.95. The molecule has 31 heavy (non-hydrogen) atoms. The van der Waals surface area contributed by atoms with Crippen LogP contribution in [0, 0.1) is 0 Å². The van der Waals surface area contributed by atoms with Crippen LogP contribution in [0.3, 0.4) is 0 Å². The molecule has 1 atom stereocenters. The second kappa shape index (κ2) is 12.8. The molecule has 0 bridgehead atoms. The molecule has 0 unspecified atom stereocenters. The highest BCUT2D eigenvalue weighted by Crippen LogP contribution is 2.24. The molecule has 0 spiro atoms. The van der Waals surface area contributed by atoms with Crippen LogP contribution in [0.4, 0.5) is 0 Å². The van der Waals surface area contributed by atoms with Gasteiger partial charge in [-0.1, -0.05) is 47.8 Å². The molecule has 2 amide bonds. The molecule has 0 heterocycles. The average molecular weight is 486 g/mol. The highest BCUT2D eigenvalue weighted by atomic mass is 35.5. The first-order valence-electron chi connectivity index (χ1n) is 10.2. The summed E-state index contributed by atoms with van der Waals surface area (Å²) in [5, 5.41) is 4.34. The summed E-state index contributed by atoms with van der Waals surface area (Å²) in [5.41, 5.74) is 0.801. The molecule has 0 radical (unpaired) electrons. The van der Waals surface area contributed by atoms with Crippen LogP contribution in [-0.2, 0) is 16.1 Å². The van der Waals surface area contributed by atoms with Gasteiger partial charge in [0.15, 0.2) is 0 Å². The normalized spacial score (nSPS) is 11.6. The van der Waals surface area contributed by atoms with Crippen molar-refractivity contribution in [1.82, 2.24) is 10.2 Å². The molecule has 0 aliphatic heterocycles. The van der Waals surface area contributed by atoms with Gasteiger partial charge < -0.3 is 15.0 Å². The molecular weight excluding hydrogens is 459 g/mol. The molecule has 1 N–H and O–H groups in total. The van der Waals surface area contributed by atoms with E-state index in [2.05, 4.69) is 5.32 Å². The van der Waals surface area contributed by atoms with Crippen LogP contribution in [0.25, 0.3) is 0 Å². The Bertz CT molecular complexity index is 875. The van der Waals surface area contributed by atoms with E-state index in [4.69, 9.17) is 39.5 Å². The molecule has 2 aromatic carbocycles. The molecule has 0 aliphatic carbocycles. The van der Waals surface area contributed by atoms with Gasteiger partial charge in [-0.2, -0.15) is 0 Å². The first kappa shape index (κ1) is 25.3. The number of amides is 2. The van der Waals surface area contributed by atoms with Crippen LogP contribution < -0.4 is 10.1 Å². The van der Waals surface area contributed by atoms with Crippen LogP contribution in [0.1, 0.15) is 38.7 Å². The Morgan fingerprint density at radius 3 is 2.42 bits per heavy atom. The Labute approximate surface area is 198 Å². The van der Waals surface area contributed by atoms with Gasteiger partial charge in [0.25, 0.3) is 0 Å². The SMILES string of the molecule is CCCNC(=O)[C@@H](C)N(Cc1ccc(Cl)c(Cl)c1)C(=O)CCCOc1ccc(Cl)cc1. The minimum Gasteiger partial charge on any atom is -0.494 e. The summed E-state index contributed by atoms with van der Waals surface area (Å²) in [5.74, 6) is 0.370. The lowest BCUT2D eigenvalue weighted by atomic mass is 10.1. The molecule has 168 valence electrons. The maximum absolute atomic E-state index is 13.0. The van der Waals surface area contributed by atoms with E-state index in [0.717, 1.165) is 12.0 Å². The lowest BCUT2D eigenvalue weighted by Crippen LogP contribution is -2.47. The summed E-state index contributed by atoms with van der Waals surface area (Å²) >= 11 is 18.0. The van der Waals surface area contributed by atoms with E-state index in [1.54, 1.807) is 54.3 Å². The highest BCUT2D eigenvalue weighted by molar-refractivity contribution is 6.42. The lowest BCUT2D eigenvalue weighted by Gasteiger charge is -2.29. The minimum atomic E-state index is -0.620. The second-order valence-electron chi connectivity index (χ2n) is 7.14. The highest BCUT2D eigenvalue weighted by Gasteiger charge is 2.25. The van der Waals surface area contributed by atoms with Crippen molar-refractivity contribution in [3.8, 4) is 5.75 Å². The summed E-state index contributed by atoms with van der Waals surface area (Å²) in [7, 11) is 0. The van der Waals surface area contributed by atoms with E-state index < -0.39 is 6.04 Å². The Kier molecular flexibility index (Phi) is 10.4. The molecule has 2 rings (SSSR count). The van der Waals surface area contributed by atoms with Crippen LogP contribution >= 0.6 is 34.8 Å². The Morgan fingerprint density at radius 1 is 1.06 bits per heavy atom. The van der Waals surface area contributed by atoms with Crippen LogP contribution in [0.5, 0.6) is 5.75 Å². The number of carbonyl (C=O) groups is 2. The molecule has 0 aromatic heterocycles. The van der Waals surface area contributed by atoms with Crippen LogP contribution in [0.15, 0.2) is 42.5 Å². The molecule has 2 aromatic rings. The molecule has 0 fully saturated rings. The fourth-order valence-corrected chi connectivity index (χ4v) is 3.35. The first-order valence-corrected chi connectivity index (χ1v) is 11.3. The zero-order valence-electron chi connectivity index (χ0n) is 17.7. The third kappa shape index (κ3) is 8.24. The molecule has 0 saturated carbocycles. The number of halogens is 3. The summed E-state index contributed by atoms with van der Waals surface area (Å²) in [6.45, 7) is 4.90. The number of nitrogens with one attached hydrogen (secondary N) is 1. The van der Waals surface area contributed by atoms with Gasteiger partial charge in [-0.05, 0) is 61.7 Å².